The maximum Gasteiger partial charge on any atom is 0.149 e. The van der Waals surface area contributed by atoms with Gasteiger partial charge in [0.1, 0.15) is 11.5 Å². The van der Waals surface area contributed by atoms with Gasteiger partial charge >= 0.3 is 0 Å². The molecule has 0 bridgehead atoms. The highest BCUT2D eigenvalue weighted by Gasteiger charge is 1.98. The van der Waals surface area contributed by atoms with E-state index in [4.69, 9.17) is 14.8 Å². The first kappa shape index (κ1) is 20.4. The van der Waals surface area contributed by atoms with Crippen molar-refractivity contribution >= 4 is 0 Å². The standard InChI is InChI=1S/C19H25NO3/c1-6-10-16(12-14-18(8-3)22-5)17(11-7-2)13-15-19(9-4)23-20-21/h6-15,20-21H,3-4H2,1-2,5H3/b10-6-,11-7-,16-12+,17-13+,18-14+,19-15+. The quantitative estimate of drug-likeness (QED) is 0.349. The van der Waals surface area contributed by atoms with Crippen molar-refractivity contribution < 1.29 is 14.8 Å². The summed E-state index contributed by atoms with van der Waals surface area (Å²) in [6.45, 7) is 11.2. The lowest BCUT2D eigenvalue weighted by atomic mass is 10.0. The van der Waals surface area contributed by atoms with E-state index in [0.717, 1.165) is 11.1 Å². The fourth-order valence-corrected chi connectivity index (χ4v) is 1.61. The molecule has 0 amide bonds. The zero-order valence-electron chi connectivity index (χ0n) is 14.0. The van der Waals surface area contributed by atoms with Crippen LogP contribution in [0.5, 0.6) is 0 Å². The largest absolute Gasteiger partial charge is 0.497 e. The minimum atomic E-state index is 0.383. The minimum absolute atomic E-state index is 0.383. The van der Waals surface area contributed by atoms with E-state index in [-0.39, 0.29) is 0 Å². The van der Waals surface area contributed by atoms with Gasteiger partial charge in [-0.2, -0.15) is 0 Å². The summed E-state index contributed by atoms with van der Waals surface area (Å²) in [5.74, 6) is 1.05. The fourth-order valence-electron chi connectivity index (χ4n) is 1.61. The van der Waals surface area contributed by atoms with Gasteiger partial charge in [0.25, 0.3) is 0 Å². The lowest BCUT2D eigenvalue weighted by Crippen LogP contribution is -2.06. The van der Waals surface area contributed by atoms with Crippen LogP contribution in [0.2, 0.25) is 0 Å². The summed E-state index contributed by atoms with van der Waals surface area (Å²) in [6, 6.07) is 0. The second kappa shape index (κ2) is 13.1. The third kappa shape index (κ3) is 8.46. The van der Waals surface area contributed by atoms with Crippen molar-refractivity contribution in [3.05, 3.63) is 96.6 Å². The molecule has 0 aromatic carbocycles. The molecule has 0 radical (unpaired) electrons. The van der Waals surface area contributed by atoms with Gasteiger partial charge in [0, 0.05) is 0 Å². The first-order valence-corrected chi connectivity index (χ1v) is 7.11. The minimum Gasteiger partial charge on any atom is -0.497 e. The average molecular weight is 315 g/mol. The van der Waals surface area contributed by atoms with Gasteiger partial charge in [-0.25, -0.2) is 0 Å². The van der Waals surface area contributed by atoms with Gasteiger partial charge < -0.3 is 9.57 Å². The summed E-state index contributed by atoms with van der Waals surface area (Å²) in [5, 5.41) is 8.58. The molecule has 0 rings (SSSR count). The predicted molar refractivity (Wildman–Crippen MR) is 95.4 cm³/mol. The molecular weight excluding hydrogens is 290 g/mol. The van der Waals surface area contributed by atoms with E-state index >= 15 is 0 Å². The van der Waals surface area contributed by atoms with Crippen molar-refractivity contribution in [2.75, 3.05) is 7.11 Å². The fraction of sp³-hybridized carbons (Fsp3) is 0.158. The summed E-state index contributed by atoms with van der Waals surface area (Å²) in [6.07, 6.45) is 18.3. The van der Waals surface area contributed by atoms with Gasteiger partial charge in [0.05, 0.1) is 7.11 Å². The Morgan fingerprint density at radius 2 is 1.35 bits per heavy atom. The van der Waals surface area contributed by atoms with Crippen LogP contribution < -0.4 is 5.64 Å². The van der Waals surface area contributed by atoms with Crippen molar-refractivity contribution in [2.45, 2.75) is 13.8 Å². The molecule has 0 unspecified atom stereocenters. The Balaban J connectivity index is 5.82. The number of rotatable bonds is 10. The summed E-state index contributed by atoms with van der Waals surface area (Å²) >= 11 is 0. The molecule has 0 atom stereocenters. The molecule has 0 aromatic rings. The van der Waals surface area contributed by atoms with Gasteiger partial charge in [-0.3, -0.25) is 5.21 Å². The van der Waals surface area contributed by atoms with Crippen LogP contribution in [0.3, 0.4) is 0 Å². The molecule has 0 aliphatic rings. The molecule has 0 spiro atoms. The van der Waals surface area contributed by atoms with Gasteiger partial charge in [0.2, 0.25) is 0 Å². The van der Waals surface area contributed by atoms with Crippen LogP contribution in [-0.2, 0) is 9.57 Å². The van der Waals surface area contributed by atoms with Crippen molar-refractivity contribution in [3.63, 3.8) is 0 Å². The van der Waals surface area contributed by atoms with Gasteiger partial charge in [-0.05, 0) is 54.9 Å². The van der Waals surface area contributed by atoms with Crippen molar-refractivity contribution in [1.29, 1.82) is 0 Å². The summed E-state index contributed by atoms with van der Waals surface area (Å²) in [5.41, 5.74) is 3.55. The number of hydrogen-bond donors (Lipinski definition) is 2. The molecule has 0 saturated carbocycles. The van der Waals surface area contributed by atoms with Crippen LogP contribution in [0.25, 0.3) is 0 Å². The Hall–Kier alpha value is -2.56. The molecule has 0 aliphatic carbocycles. The highest BCUT2D eigenvalue weighted by molar-refractivity contribution is 5.50. The van der Waals surface area contributed by atoms with Crippen LogP contribution in [0.1, 0.15) is 13.8 Å². The van der Waals surface area contributed by atoms with Crippen molar-refractivity contribution in [1.82, 2.24) is 5.64 Å². The zero-order chi connectivity index (χ0) is 17.5. The van der Waals surface area contributed by atoms with E-state index in [0.29, 0.717) is 11.5 Å². The molecule has 2 N–H and O–H groups in total. The van der Waals surface area contributed by atoms with E-state index in [1.807, 2.05) is 56.4 Å². The van der Waals surface area contributed by atoms with Gasteiger partial charge in [-0.15, -0.1) is 0 Å². The summed E-state index contributed by atoms with van der Waals surface area (Å²) in [4.78, 5) is 4.79. The SMILES string of the molecule is C=C\C(=C/C=C(\C=C/C)C(/C=C\C)=C/C=C(\C=C)ONO)OC. The average Bonchev–Trinajstić information content (AvgIpc) is 2.57. The van der Waals surface area contributed by atoms with E-state index in [1.54, 1.807) is 24.9 Å². The maximum absolute atomic E-state index is 8.58. The topological polar surface area (TPSA) is 50.7 Å². The first-order valence-electron chi connectivity index (χ1n) is 7.11. The first-order chi connectivity index (χ1) is 11.2. The second-order valence-electron chi connectivity index (χ2n) is 4.19. The molecule has 124 valence electrons. The Labute approximate surface area is 138 Å². The van der Waals surface area contributed by atoms with Gasteiger partial charge in [-0.1, -0.05) is 49.6 Å². The highest BCUT2D eigenvalue weighted by Crippen LogP contribution is 2.16. The molecule has 4 nitrogen and oxygen atoms in total. The van der Waals surface area contributed by atoms with E-state index < -0.39 is 0 Å². The second-order valence-corrected chi connectivity index (χ2v) is 4.19. The lowest BCUT2D eigenvalue weighted by Gasteiger charge is -2.05. The summed E-state index contributed by atoms with van der Waals surface area (Å²) in [7, 11) is 1.59. The smallest absolute Gasteiger partial charge is 0.149 e. The molecule has 0 heterocycles. The third-order valence-electron chi connectivity index (χ3n) is 2.68. The number of ether oxygens (including phenoxy) is 1. The number of allylic oxidation sites excluding steroid dienone is 12. The number of methoxy groups -OCH3 is 1. The molecule has 0 aromatic heterocycles. The van der Waals surface area contributed by atoms with Crippen molar-refractivity contribution in [3.8, 4) is 0 Å². The highest BCUT2D eigenvalue weighted by atomic mass is 16.8. The molecule has 0 fully saturated rings. The van der Waals surface area contributed by atoms with Crippen LogP contribution in [-0.4, -0.2) is 12.3 Å². The predicted octanol–water partition coefficient (Wildman–Crippen LogP) is 4.69. The molecular formula is C19H25NO3. The maximum atomic E-state index is 8.58. The lowest BCUT2D eigenvalue weighted by molar-refractivity contribution is -0.0880. The van der Waals surface area contributed by atoms with E-state index in [1.165, 1.54) is 6.08 Å². The molecule has 0 aliphatic heterocycles. The molecule has 23 heavy (non-hydrogen) atoms. The van der Waals surface area contributed by atoms with Gasteiger partial charge in [0.15, 0.2) is 0 Å². The number of nitrogens with one attached hydrogen (secondary N) is 1. The Kier molecular flexibility index (Phi) is 11.7. The molecule has 0 saturated heterocycles. The monoisotopic (exact) mass is 315 g/mol. The van der Waals surface area contributed by atoms with Crippen LogP contribution >= 0.6 is 0 Å². The third-order valence-corrected chi connectivity index (χ3v) is 2.68. The Morgan fingerprint density at radius 1 is 0.870 bits per heavy atom. The Bertz CT molecular complexity index is 561. The van der Waals surface area contributed by atoms with Crippen LogP contribution in [0, 0.1) is 0 Å². The number of hydrogen-bond acceptors (Lipinski definition) is 4. The van der Waals surface area contributed by atoms with E-state index in [2.05, 4.69) is 13.2 Å². The molecule has 4 heteroatoms. The normalized spacial score (nSPS) is 14.4. The Morgan fingerprint density at radius 3 is 1.70 bits per heavy atom. The zero-order valence-corrected chi connectivity index (χ0v) is 14.0. The van der Waals surface area contributed by atoms with Crippen molar-refractivity contribution in [2.24, 2.45) is 0 Å². The van der Waals surface area contributed by atoms with Crippen LogP contribution in [0.4, 0.5) is 0 Å². The van der Waals surface area contributed by atoms with Crippen LogP contribution in [0.15, 0.2) is 96.6 Å². The summed E-state index contributed by atoms with van der Waals surface area (Å²) < 4.78 is 5.17. The van der Waals surface area contributed by atoms with E-state index in [9.17, 15) is 0 Å².